The van der Waals surface area contributed by atoms with E-state index in [1.54, 1.807) is 0 Å². The van der Waals surface area contributed by atoms with Gasteiger partial charge in [0.2, 0.25) is 5.91 Å². The van der Waals surface area contributed by atoms with Crippen molar-refractivity contribution in [3.05, 3.63) is 0 Å². The van der Waals surface area contributed by atoms with Crippen LogP contribution in [-0.4, -0.2) is 23.0 Å². The first-order valence-electron chi connectivity index (χ1n) is 5.87. The van der Waals surface area contributed by atoms with E-state index in [1.165, 1.54) is 0 Å². The molecule has 0 aromatic heterocycles. The van der Waals surface area contributed by atoms with Crippen molar-refractivity contribution in [2.24, 2.45) is 22.7 Å². The number of oxime groups is 1. The molecule has 2 atom stereocenters. The van der Waals surface area contributed by atoms with Crippen LogP contribution < -0.4 is 11.1 Å². The Morgan fingerprint density at radius 3 is 2.69 bits per heavy atom. The summed E-state index contributed by atoms with van der Waals surface area (Å²) in [5.41, 5.74) is 5.57. The molecule has 1 fully saturated rings. The molecule has 0 saturated heterocycles. The van der Waals surface area contributed by atoms with E-state index in [1.807, 2.05) is 13.8 Å². The van der Waals surface area contributed by atoms with Crippen molar-refractivity contribution in [3.63, 3.8) is 0 Å². The van der Waals surface area contributed by atoms with Gasteiger partial charge in [-0.3, -0.25) is 4.79 Å². The summed E-state index contributed by atoms with van der Waals surface area (Å²) in [6, 6.07) is -0.295. The fraction of sp³-hybridized carbons (Fsp3) is 0.818. The van der Waals surface area contributed by atoms with E-state index >= 15 is 0 Å². The number of hydrogen-bond acceptors (Lipinski definition) is 3. The smallest absolute Gasteiger partial charge is 0.223 e. The van der Waals surface area contributed by atoms with Gasteiger partial charge in [0.1, 0.15) is 0 Å². The lowest BCUT2D eigenvalue weighted by Gasteiger charge is -2.19. The minimum atomic E-state index is -0.295. The first-order chi connectivity index (χ1) is 7.60. The average molecular weight is 227 g/mol. The van der Waals surface area contributed by atoms with Gasteiger partial charge in [0, 0.05) is 5.92 Å². The van der Waals surface area contributed by atoms with Gasteiger partial charge >= 0.3 is 0 Å². The Hall–Kier alpha value is -1.26. The van der Waals surface area contributed by atoms with Gasteiger partial charge in [-0.25, -0.2) is 0 Å². The molecular formula is C11H21N3O2. The molecule has 2 unspecified atom stereocenters. The SMILES string of the molecule is CCCC(C)C(=O)NC(C(N)=NO)C1CC1. The second-order valence-electron chi connectivity index (χ2n) is 4.54. The van der Waals surface area contributed by atoms with Crippen LogP contribution in [0, 0.1) is 11.8 Å². The van der Waals surface area contributed by atoms with E-state index in [9.17, 15) is 4.79 Å². The normalized spacial score (nSPS) is 20.2. The van der Waals surface area contributed by atoms with Crippen LogP contribution in [0.15, 0.2) is 5.16 Å². The van der Waals surface area contributed by atoms with Crippen LogP contribution in [-0.2, 0) is 4.79 Å². The topological polar surface area (TPSA) is 87.7 Å². The van der Waals surface area contributed by atoms with Crippen LogP contribution in [0.4, 0.5) is 0 Å². The lowest BCUT2D eigenvalue weighted by Crippen LogP contribution is -2.47. The highest BCUT2D eigenvalue weighted by atomic mass is 16.4. The first-order valence-corrected chi connectivity index (χ1v) is 5.87. The van der Waals surface area contributed by atoms with Crippen LogP contribution in [0.1, 0.15) is 39.5 Å². The summed E-state index contributed by atoms with van der Waals surface area (Å²) in [5, 5.41) is 14.5. The standard InChI is InChI=1S/C11H21N3O2/c1-3-4-7(2)11(15)13-9(8-5-6-8)10(12)14-16/h7-9,16H,3-6H2,1-2H3,(H2,12,14)(H,13,15). The Morgan fingerprint density at radius 1 is 1.62 bits per heavy atom. The Kier molecular flexibility index (Phi) is 4.58. The van der Waals surface area contributed by atoms with Crippen molar-refractivity contribution < 1.29 is 10.0 Å². The highest BCUT2D eigenvalue weighted by molar-refractivity contribution is 5.91. The van der Waals surface area contributed by atoms with Crippen molar-refractivity contribution in [2.45, 2.75) is 45.6 Å². The Labute approximate surface area is 96.1 Å². The predicted molar refractivity (Wildman–Crippen MR) is 62.1 cm³/mol. The molecule has 0 spiro atoms. The molecule has 0 aromatic rings. The maximum absolute atomic E-state index is 11.8. The summed E-state index contributed by atoms with van der Waals surface area (Å²) in [5.74, 6) is 0.427. The molecular weight excluding hydrogens is 206 g/mol. The second kappa shape index (κ2) is 5.72. The number of carbonyl (C=O) groups is 1. The van der Waals surface area contributed by atoms with Crippen LogP contribution in [0.2, 0.25) is 0 Å². The van der Waals surface area contributed by atoms with Crippen LogP contribution in [0.25, 0.3) is 0 Å². The third-order valence-electron chi connectivity index (χ3n) is 2.99. The maximum Gasteiger partial charge on any atom is 0.223 e. The summed E-state index contributed by atoms with van der Waals surface area (Å²) in [7, 11) is 0. The first kappa shape index (κ1) is 12.8. The lowest BCUT2D eigenvalue weighted by atomic mass is 10.0. The lowest BCUT2D eigenvalue weighted by molar-refractivity contribution is -0.125. The molecule has 5 heteroatoms. The number of carbonyl (C=O) groups excluding carboxylic acids is 1. The van der Waals surface area contributed by atoms with Gasteiger partial charge in [-0.2, -0.15) is 0 Å². The quantitative estimate of drug-likeness (QED) is 0.274. The second-order valence-corrected chi connectivity index (χ2v) is 4.54. The zero-order chi connectivity index (χ0) is 12.1. The van der Waals surface area contributed by atoms with Crippen molar-refractivity contribution >= 4 is 11.7 Å². The number of nitrogens with zero attached hydrogens (tertiary/aromatic N) is 1. The molecule has 4 N–H and O–H groups in total. The van der Waals surface area contributed by atoms with Crippen molar-refractivity contribution in [1.82, 2.24) is 5.32 Å². The van der Waals surface area contributed by atoms with Crippen molar-refractivity contribution in [3.8, 4) is 0 Å². The summed E-state index contributed by atoms with van der Waals surface area (Å²) in [4.78, 5) is 11.8. The van der Waals surface area contributed by atoms with Gasteiger partial charge in [0.15, 0.2) is 5.84 Å². The molecule has 1 saturated carbocycles. The van der Waals surface area contributed by atoms with Crippen LogP contribution in [0.3, 0.4) is 0 Å². The van der Waals surface area contributed by atoms with Crippen LogP contribution >= 0.6 is 0 Å². The van der Waals surface area contributed by atoms with Gasteiger partial charge < -0.3 is 16.3 Å². The maximum atomic E-state index is 11.8. The van der Waals surface area contributed by atoms with E-state index in [4.69, 9.17) is 10.9 Å². The monoisotopic (exact) mass is 227 g/mol. The number of rotatable bonds is 6. The molecule has 1 rings (SSSR count). The third-order valence-corrected chi connectivity index (χ3v) is 2.99. The summed E-state index contributed by atoms with van der Waals surface area (Å²) < 4.78 is 0. The molecule has 1 aliphatic carbocycles. The van der Waals surface area contributed by atoms with Gasteiger partial charge in [-0.1, -0.05) is 25.4 Å². The molecule has 16 heavy (non-hydrogen) atoms. The van der Waals surface area contributed by atoms with E-state index in [2.05, 4.69) is 10.5 Å². The van der Waals surface area contributed by atoms with Crippen LogP contribution in [0.5, 0.6) is 0 Å². The van der Waals surface area contributed by atoms with Crippen molar-refractivity contribution in [1.29, 1.82) is 0 Å². The highest BCUT2D eigenvalue weighted by Gasteiger charge is 2.35. The molecule has 0 aromatic carbocycles. The molecule has 0 heterocycles. The number of amides is 1. The average Bonchev–Trinajstić information content (AvgIpc) is 3.08. The van der Waals surface area contributed by atoms with Gasteiger partial charge in [0.25, 0.3) is 0 Å². The summed E-state index contributed by atoms with van der Waals surface area (Å²) in [6.07, 6.45) is 3.90. The third kappa shape index (κ3) is 3.40. The molecule has 0 radical (unpaired) electrons. The van der Waals surface area contributed by atoms with Gasteiger partial charge in [-0.15, -0.1) is 0 Å². The molecule has 5 nitrogen and oxygen atoms in total. The van der Waals surface area contributed by atoms with Crippen molar-refractivity contribution in [2.75, 3.05) is 0 Å². The van der Waals surface area contributed by atoms with E-state index in [0.29, 0.717) is 5.92 Å². The molecule has 1 amide bonds. The number of amidine groups is 1. The molecule has 1 aliphatic rings. The highest BCUT2D eigenvalue weighted by Crippen LogP contribution is 2.32. The Balaban J connectivity index is 2.51. The zero-order valence-corrected chi connectivity index (χ0v) is 9.94. The number of hydrogen-bond donors (Lipinski definition) is 3. The predicted octanol–water partition coefficient (Wildman–Crippen LogP) is 1.06. The Bertz CT molecular complexity index is 274. The fourth-order valence-corrected chi connectivity index (χ4v) is 1.78. The van der Waals surface area contributed by atoms with Gasteiger partial charge in [-0.05, 0) is 25.2 Å². The summed E-state index contributed by atoms with van der Waals surface area (Å²) in [6.45, 7) is 3.95. The molecule has 0 bridgehead atoms. The zero-order valence-electron chi connectivity index (χ0n) is 9.94. The number of nitrogens with two attached hydrogens (primary N) is 1. The van der Waals surface area contributed by atoms with Gasteiger partial charge in [0.05, 0.1) is 6.04 Å². The minimum absolute atomic E-state index is 0.00894. The van der Waals surface area contributed by atoms with E-state index in [-0.39, 0.29) is 23.7 Å². The Morgan fingerprint density at radius 2 is 2.25 bits per heavy atom. The summed E-state index contributed by atoms with van der Waals surface area (Å²) >= 11 is 0. The molecule has 0 aliphatic heterocycles. The number of nitrogens with one attached hydrogen (secondary N) is 1. The fourth-order valence-electron chi connectivity index (χ4n) is 1.78. The van der Waals surface area contributed by atoms with E-state index in [0.717, 1.165) is 25.7 Å². The van der Waals surface area contributed by atoms with E-state index < -0.39 is 0 Å². The largest absolute Gasteiger partial charge is 0.409 e. The minimum Gasteiger partial charge on any atom is -0.409 e. The molecule has 92 valence electrons.